The van der Waals surface area contributed by atoms with Crippen molar-refractivity contribution in [2.45, 2.75) is 39.8 Å². The van der Waals surface area contributed by atoms with Crippen molar-refractivity contribution < 1.29 is 4.74 Å². The minimum atomic E-state index is 0.512. The molecule has 3 heteroatoms. The molecule has 0 saturated carbocycles. The lowest BCUT2D eigenvalue weighted by Crippen LogP contribution is -2.31. The van der Waals surface area contributed by atoms with Crippen LogP contribution in [0.15, 0.2) is 18.2 Å². The van der Waals surface area contributed by atoms with E-state index in [9.17, 15) is 0 Å². The quantitative estimate of drug-likeness (QED) is 0.773. The van der Waals surface area contributed by atoms with E-state index in [0.717, 1.165) is 25.1 Å². The highest BCUT2D eigenvalue weighted by Crippen LogP contribution is 2.20. The van der Waals surface area contributed by atoms with Gasteiger partial charge in [0.05, 0.1) is 12.7 Å². The highest BCUT2D eigenvalue weighted by molar-refractivity contribution is 5.45. The van der Waals surface area contributed by atoms with Crippen molar-refractivity contribution in [2.24, 2.45) is 0 Å². The Hall–Kier alpha value is -1.53. The first-order valence-corrected chi connectivity index (χ1v) is 6.43. The lowest BCUT2D eigenvalue weighted by Gasteiger charge is -2.26. The molecule has 0 radical (unpaired) electrons. The summed E-state index contributed by atoms with van der Waals surface area (Å²) in [5, 5.41) is 9.08. The molecule has 0 aliphatic carbocycles. The maximum atomic E-state index is 9.08. The number of benzene rings is 1. The fourth-order valence-electron chi connectivity index (χ4n) is 1.98. The zero-order chi connectivity index (χ0) is 13.5. The van der Waals surface area contributed by atoms with Gasteiger partial charge in [0, 0.05) is 12.6 Å². The fraction of sp³-hybridized carbons (Fsp3) is 0.533. The highest BCUT2D eigenvalue weighted by atomic mass is 16.5. The van der Waals surface area contributed by atoms with Crippen molar-refractivity contribution in [3.05, 3.63) is 29.3 Å². The van der Waals surface area contributed by atoms with Crippen molar-refractivity contribution in [2.75, 3.05) is 13.7 Å². The molecule has 3 nitrogen and oxygen atoms in total. The third-order valence-electron chi connectivity index (χ3n) is 3.01. The molecular weight excluding hydrogens is 224 g/mol. The van der Waals surface area contributed by atoms with E-state index in [1.807, 2.05) is 18.2 Å². The van der Waals surface area contributed by atoms with Crippen LogP contribution in [0.25, 0.3) is 0 Å². The van der Waals surface area contributed by atoms with Gasteiger partial charge in [0.1, 0.15) is 11.8 Å². The van der Waals surface area contributed by atoms with E-state index < -0.39 is 0 Å². The summed E-state index contributed by atoms with van der Waals surface area (Å²) in [5.74, 6) is 0.646. The SMILES string of the molecule is CCCN(Cc1ccc(OC)c(C#N)c1)C(C)C. The molecule has 1 aromatic carbocycles. The lowest BCUT2D eigenvalue weighted by atomic mass is 10.1. The summed E-state index contributed by atoms with van der Waals surface area (Å²) in [6.45, 7) is 8.54. The van der Waals surface area contributed by atoms with Crippen LogP contribution in [0.4, 0.5) is 0 Å². The van der Waals surface area contributed by atoms with E-state index in [0.29, 0.717) is 17.4 Å². The second-order valence-corrected chi connectivity index (χ2v) is 4.71. The number of methoxy groups -OCH3 is 1. The maximum Gasteiger partial charge on any atom is 0.136 e. The van der Waals surface area contributed by atoms with E-state index in [1.165, 1.54) is 0 Å². The van der Waals surface area contributed by atoms with Gasteiger partial charge in [0.15, 0.2) is 0 Å². The summed E-state index contributed by atoms with van der Waals surface area (Å²) in [6.07, 6.45) is 1.14. The van der Waals surface area contributed by atoms with Gasteiger partial charge in [0.25, 0.3) is 0 Å². The van der Waals surface area contributed by atoms with Crippen LogP contribution in [0.5, 0.6) is 5.75 Å². The molecule has 0 unspecified atom stereocenters. The summed E-state index contributed by atoms with van der Waals surface area (Å²) in [6, 6.07) is 8.52. The molecule has 0 aliphatic rings. The van der Waals surface area contributed by atoms with E-state index in [4.69, 9.17) is 10.00 Å². The Kier molecular flexibility index (Phi) is 5.67. The third kappa shape index (κ3) is 3.75. The van der Waals surface area contributed by atoms with Gasteiger partial charge in [-0.3, -0.25) is 4.90 Å². The minimum Gasteiger partial charge on any atom is -0.495 e. The van der Waals surface area contributed by atoms with E-state index in [1.54, 1.807) is 7.11 Å². The predicted molar refractivity (Wildman–Crippen MR) is 73.5 cm³/mol. The first-order chi connectivity index (χ1) is 8.62. The van der Waals surface area contributed by atoms with Crippen LogP contribution in [-0.2, 0) is 6.54 Å². The Morgan fingerprint density at radius 1 is 1.39 bits per heavy atom. The van der Waals surface area contributed by atoms with Gasteiger partial charge in [-0.25, -0.2) is 0 Å². The topological polar surface area (TPSA) is 36.3 Å². The maximum absolute atomic E-state index is 9.08. The number of ether oxygens (including phenoxy) is 1. The number of rotatable bonds is 6. The molecule has 0 atom stereocenters. The summed E-state index contributed by atoms with van der Waals surface area (Å²) in [7, 11) is 1.59. The summed E-state index contributed by atoms with van der Waals surface area (Å²) in [5.41, 5.74) is 1.77. The normalized spacial score (nSPS) is 10.7. The molecule has 0 aliphatic heterocycles. The van der Waals surface area contributed by atoms with Crippen molar-refractivity contribution in [3.63, 3.8) is 0 Å². The molecule has 1 aromatic rings. The van der Waals surface area contributed by atoms with Crippen LogP contribution in [0, 0.1) is 11.3 Å². The second kappa shape index (κ2) is 7.03. The molecule has 0 N–H and O–H groups in total. The molecule has 0 spiro atoms. The minimum absolute atomic E-state index is 0.512. The largest absolute Gasteiger partial charge is 0.495 e. The Bertz CT molecular complexity index is 421. The second-order valence-electron chi connectivity index (χ2n) is 4.71. The van der Waals surface area contributed by atoms with Crippen LogP contribution < -0.4 is 4.74 Å². The number of nitrogens with zero attached hydrogens (tertiary/aromatic N) is 2. The van der Waals surface area contributed by atoms with Crippen molar-refractivity contribution in [1.82, 2.24) is 4.90 Å². The van der Waals surface area contributed by atoms with Gasteiger partial charge >= 0.3 is 0 Å². The monoisotopic (exact) mass is 246 g/mol. The van der Waals surface area contributed by atoms with Gasteiger partial charge in [0.2, 0.25) is 0 Å². The van der Waals surface area contributed by atoms with Crippen LogP contribution >= 0.6 is 0 Å². The van der Waals surface area contributed by atoms with E-state index in [2.05, 4.69) is 31.7 Å². The number of hydrogen-bond donors (Lipinski definition) is 0. The summed E-state index contributed by atoms with van der Waals surface area (Å²) in [4.78, 5) is 2.41. The summed E-state index contributed by atoms with van der Waals surface area (Å²) < 4.78 is 5.16. The fourth-order valence-corrected chi connectivity index (χ4v) is 1.98. The Morgan fingerprint density at radius 3 is 2.61 bits per heavy atom. The zero-order valence-corrected chi connectivity index (χ0v) is 11.7. The van der Waals surface area contributed by atoms with Gasteiger partial charge < -0.3 is 4.74 Å². The van der Waals surface area contributed by atoms with Crippen LogP contribution in [-0.4, -0.2) is 24.6 Å². The van der Waals surface area contributed by atoms with Crippen molar-refractivity contribution in [1.29, 1.82) is 5.26 Å². The molecule has 1 rings (SSSR count). The molecule has 18 heavy (non-hydrogen) atoms. The molecule has 0 fully saturated rings. The summed E-state index contributed by atoms with van der Waals surface area (Å²) >= 11 is 0. The Balaban J connectivity index is 2.87. The molecule has 0 bridgehead atoms. The Labute approximate surface area is 110 Å². The van der Waals surface area contributed by atoms with Gasteiger partial charge in [-0.05, 0) is 44.5 Å². The van der Waals surface area contributed by atoms with Gasteiger partial charge in [-0.1, -0.05) is 13.0 Å². The van der Waals surface area contributed by atoms with Gasteiger partial charge in [-0.2, -0.15) is 5.26 Å². The van der Waals surface area contributed by atoms with Crippen molar-refractivity contribution >= 4 is 0 Å². The molecule has 0 heterocycles. The molecule has 0 saturated heterocycles. The van der Waals surface area contributed by atoms with Crippen LogP contribution in [0.1, 0.15) is 38.3 Å². The van der Waals surface area contributed by atoms with Gasteiger partial charge in [-0.15, -0.1) is 0 Å². The average Bonchev–Trinajstić information content (AvgIpc) is 2.37. The first kappa shape index (κ1) is 14.5. The number of hydrogen-bond acceptors (Lipinski definition) is 3. The molecule has 0 aromatic heterocycles. The lowest BCUT2D eigenvalue weighted by molar-refractivity contribution is 0.213. The average molecular weight is 246 g/mol. The predicted octanol–water partition coefficient (Wildman–Crippen LogP) is 3.19. The Morgan fingerprint density at radius 2 is 2.11 bits per heavy atom. The van der Waals surface area contributed by atoms with E-state index >= 15 is 0 Å². The van der Waals surface area contributed by atoms with E-state index in [-0.39, 0.29) is 0 Å². The number of nitriles is 1. The zero-order valence-electron chi connectivity index (χ0n) is 11.7. The smallest absolute Gasteiger partial charge is 0.136 e. The van der Waals surface area contributed by atoms with Crippen LogP contribution in [0.3, 0.4) is 0 Å². The highest BCUT2D eigenvalue weighted by Gasteiger charge is 2.10. The molecule has 98 valence electrons. The van der Waals surface area contributed by atoms with Crippen molar-refractivity contribution in [3.8, 4) is 11.8 Å². The van der Waals surface area contributed by atoms with Crippen LogP contribution in [0.2, 0.25) is 0 Å². The standard InChI is InChI=1S/C15H22N2O/c1-5-8-17(12(2)3)11-13-6-7-15(18-4)14(9-13)10-16/h6-7,9,12H,5,8,11H2,1-4H3. The molecular formula is C15H22N2O. The first-order valence-electron chi connectivity index (χ1n) is 6.43. The third-order valence-corrected chi connectivity index (χ3v) is 3.01. The molecule has 0 amide bonds.